The van der Waals surface area contributed by atoms with Crippen molar-refractivity contribution < 1.29 is 32.6 Å². The number of carbonyl (C=O) groups is 2. The summed E-state index contributed by atoms with van der Waals surface area (Å²) in [7, 11) is 1.44. The number of carboxylic acids is 1. The van der Waals surface area contributed by atoms with Crippen LogP contribution >= 0.6 is 0 Å². The van der Waals surface area contributed by atoms with Crippen LogP contribution in [0.4, 0.5) is 13.2 Å². The number of carboxylic acid groups (broad SMARTS) is 1. The number of hydrogen-bond acceptors (Lipinski definition) is 3. The van der Waals surface area contributed by atoms with E-state index < -0.39 is 24.1 Å². The van der Waals surface area contributed by atoms with Gasteiger partial charge in [0.2, 0.25) is 0 Å². The van der Waals surface area contributed by atoms with Crippen molar-refractivity contribution in [2.75, 3.05) is 7.11 Å². The number of methoxy groups -OCH3 is 1. The number of ether oxygens (including phenoxy) is 1. The van der Waals surface area contributed by atoms with Gasteiger partial charge in [-0.15, -0.1) is 0 Å². The monoisotopic (exact) mass is 291 g/mol. The molecular weight excluding hydrogens is 279 g/mol. The number of hydrogen-bond donors (Lipinski definition) is 2. The van der Waals surface area contributed by atoms with E-state index in [0.717, 1.165) is 0 Å². The Morgan fingerprint density at radius 2 is 1.85 bits per heavy atom. The molecule has 1 aromatic rings. The van der Waals surface area contributed by atoms with Gasteiger partial charge in [0.25, 0.3) is 0 Å². The third kappa shape index (κ3) is 4.45. The lowest BCUT2D eigenvalue weighted by atomic mass is 10.1. The van der Waals surface area contributed by atoms with Gasteiger partial charge in [-0.3, -0.25) is 4.79 Å². The minimum Gasteiger partial charge on any atom is -0.497 e. The molecule has 0 aromatic heterocycles. The van der Waals surface area contributed by atoms with Crippen LogP contribution in [0.3, 0.4) is 0 Å². The van der Waals surface area contributed by atoms with Crippen LogP contribution in [-0.2, 0) is 16.0 Å². The van der Waals surface area contributed by atoms with Crippen molar-refractivity contribution in [2.45, 2.75) is 18.6 Å². The van der Waals surface area contributed by atoms with Gasteiger partial charge in [-0.1, -0.05) is 12.1 Å². The summed E-state index contributed by atoms with van der Waals surface area (Å²) in [6, 6.07) is 4.44. The van der Waals surface area contributed by atoms with Crippen molar-refractivity contribution in [2.24, 2.45) is 0 Å². The van der Waals surface area contributed by atoms with Gasteiger partial charge in [0.1, 0.15) is 11.8 Å². The van der Waals surface area contributed by atoms with Crippen LogP contribution in [0, 0.1) is 0 Å². The Morgan fingerprint density at radius 3 is 2.25 bits per heavy atom. The molecule has 8 heteroatoms. The zero-order valence-electron chi connectivity index (χ0n) is 10.4. The van der Waals surface area contributed by atoms with E-state index in [9.17, 15) is 22.8 Å². The molecule has 1 amide bonds. The summed E-state index contributed by atoms with van der Waals surface area (Å²) >= 11 is 0. The highest BCUT2D eigenvalue weighted by molar-refractivity contribution is 5.87. The topological polar surface area (TPSA) is 75.6 Å². The highest BCUT2D eigenvalue weighted by atomic mass is 19.4. The molecule has 110 valence electrons. The smallest absolute Gasteiger partial charge is 0.471 e. The second-order valence-electron chi connectivity index (χ2n) is 3.91. The Hall–Kier alpha value is -2.25. The Labute approximate surface area is 112 Å². The zero-order chi connectivity index (χ0) is 15.3. The molecule has 0 saturated carbocycles. The maximum absolute atomic E-state index is 12.1. The maximum atomic E-state index is 12.1. The molecule has 1 atom stereocenters. The fourth-order valence-corrected chi connectivity index (χ4v) is 1.44. The molecule has 0 saturated heterocycles. The maximum Gasteiger partial charge on any atom is 0.471 e. The van der Waals surface area contributed by atoms with E-state index in [-0.39, 0.29) is 6.42 Å². The highest BCUT2D eigenvalue weighted by Gasteiger charge is 2.40. The van der Waals surface area contributed by atoms with Crippen LogP contribution in [0.15, 0.2) is 24.3 Å². The second kappa shape index (κ2) is 6.27. The van der Waals surface area contributed by atoms with Gasteiger partial charge >= 0.3 is 18.1 Å². The van der Waals surface area contributed by atoms with Gasteiger partial charge in [0, 0.05) is 6.42 Å². The van der Waals surface area contributed by atoms with Crippen LogP contribution in [0.1, 0.15) is 5.56 Å². The van der Waals surface area contributed by atoms with Crippen molar-refractivity contribution >= 4 is 11.9 Å². The Kier molecular flexibility index (Phi) is 4.95. The summed E-state index contributed by atoms with van der Waals surface area (Å²) in [5.74, 6) is -3.29. The lowest BCUT2D eigenvalue weighted by Gasteiger charge is -2.15. The van der Waals surface area contributed by atoms with E-state index in [4.69, 9.17) is 9.84 Å². The van der Waals surface area contributed by atoms with Crippen LogP contribution in [0.25, 0.3) is 0 Å². The Balaban J connectivity index is 2.77. The van der Waals surface area contributed by atoms with E-state index >= 15 is 0 Å². The molecule has 1 aromatic carbocycles. The molecule has 0 aliphatic heterocycles. The van der Waals surface area contributed by atoms with Gasteiger partial charge in [0.15, 0.2) is 0 Å². The van der Waals surface area contributed by atoms with E-state index in [0.29, 0.717) is 11.3 Å². The Bertz CT molecular complexity index is 484. The highest BCUT2D eigenvalue weighted by Crippen LogP contribution is 2.16. The van der Waals surface area contributed by atoms with Crippen LogP contribution in [0.5, 0.6) is 5.75 Å². The van der Waals surface area contributed by atoms with Gasteiger partial charge < -0.3 is 15.2 Å². The first-order chi connectivity index (χ1) is 9.24. The number of nitrogens with one attached hydrogen (secondary N) is 1. The van der Waals surface area contributed by atoms with Crippen LogP contribution < -0.4 is 10.1 Å². The number of carbonyl (C=O) groups excluding carboxylic acids is 1. The molecule has 0 aliphatic carbocycles. The summed E-state index contributed by atoms with van der Waals surface area (Å²) < 4.78 is 41.2. The van der Waals surface area contributed by atoms with E-state index in [1.807, 2.05) is 0 Å². The third-order valence-electron chi connectivity index (χ3n) is 2.46. The normalized spacial score (nSPS) is 12.6. The second-order valence-corrected chi connectivity index (χ2v) is 3.91. The molecule has 0 unspecified atom stereocenters. The number of rotatable bonds is 5. The molecule has 0 bridgehead atoms. The number of aliphatic carboxylic acids is 1. The first kappa shape index (κ1) is 15.8. The lowest BCUT2D eigenvalue weighted by molar-refractivity contribution is -0.175. The number of benzene rings is 1. The average molecular weight is 291 g/mol. The van der Waals surface area contributed by atoms with Crippen molar-refractivity contribution in [1.29, 1.82) is 0 Å². The molecule has 1 rings (SSSR count). The largest absolute Gasteiger partial charge is 0.497 e. The predicted molar refractivity (Wildman–Crippen MR) is 62.3 cm³/mol. The minimum atomic E-state index is -5.12. The number of amides is 1. The molecule has 0 radical (unpaired) electrons. The number of halogens is 3. The first-order valence-electron chi connectivity index (χ1n) is 5.47. The molecule has 0 spiro atoms. The molecule has 0 aliphatic rings. The van der Waals surface area contributed by atoms with E-state index in [1.165, 1.54) is 24.6 Å². The van der Waals surface area contributed by atoms with E-state index in [1.54, 1.807) is 12.1 Å². The van der Waals surface area contributed by atoms with E-state index in [2.05, 4.69) is 0 Å². The molecule has 5 nitrogen and oxygen atoms in total. The minimum absolute atomic E-state index is 0.263. The molecule has 0 heterocycles. The molecular formula is C12H12F3NO4. The molecule has 0 fully saturated rings. The predicted octanol–water partition coefficient (Wildman–Crippen LogP) is 1.37. The van der Waals surface area contributed by atoms with Crippen LogP contribution in [-0.4, -0.2) is 36.3 Å². The quantitative estimate of drug-likeness (QED) is 0.859. The summed E-state index contributed by atoms with van der Waals surface area (Å²) in [6.07, 6.45) is -5.38. The Morgan fingerprint density at radius 1 is 1.30 bits per heavy atom. The lowest BCUT2D eigenvalue weighted by Crippen LogP contribution is -2.47. The van der Waals surface area contributed by atoms with Gasteiger partial charge in [-0.2, -0.15) is 13.2 Å². The first-order valence-corrected chi connectivity index (χ1v) is 5.47. The molecule has 20 heavy (non-hydrogen) atoms. The average Bonchev–Trinajstić information content (AvgIpc) is 2.37. The summed E-state index contributed by atoms with van der Waals surface area (Å²) in [6.45, 7) is 0. The summed E-state index contributed by atoms with van der Waals surface area (Å²) in [4.78, 5) is 21.6. The van der Waals surface area contributed by atoms with Gasteiger partial charge in [-0.25, -0.2) is 4.79 Å². The molecule has 2 N–H and O–H groups in total. The fraction of sp³-hybridized carbons (Fsp3) is 0.333. The fourth-order valence-electron chi connectivity index (χ4n) is 1.44. The third-order valence-corrected chi connectivity index (χ3v) is 2.46. The van der Waals surface area contributed by atoms with Crippen molar-refractivity contribution in [3.8, 4) is 5.75 Å². The summed E-state index contributed by atoms with van der Waals surface area (Å²) in [5.41, 5.74) is 0.459. The SMILES string of the molecule is COc1ccc(C[C@H](NC(=O)C(F)(F)F)C(=O)O)cc1. The van der Waals surface area contributed by atoms with Crippen molar-refractivity contribution in [1.82, 2.24) is 5.32 Å². The van der Waals surface area contributed by atoms with Crippen molar-refractivity contribution in [3.63, 3.8) is 0 Å². The van der Waals surface area contributed by atoms with Crippen molar-refractivity contribution in [3.05, 3.63) is 29.8 Å². The van der Waals surface area contributed by atoms with Crippen LogP contribution in [0.2, 0.25) is 0 Å². The standard InChI is InChI=1S/C12H12F3NO4/c1-20-8-4-2-7(3-5-8)6-9(10(17)18)16-11(19)12(13,14)15/h2-5,9H,6H2,1H3,(H,16,19)(H,17,18)/t9-/m0/s1. The number of alkyl halides is 3. The van der Waals surface area contributed by atoms with Gasteiger partial charge in [0.05, 0.1) is 7.11 Å². The van der Waals surface area contributed by atoms with Gasteiger partial charge in [-0.05, 0) is 17.7 Å². The summed E-state index contributed by atoms with van der Waals surface area (Å²) in [5, 5.41) is 10.3. The zero-order valence-corrected chi connectivity index (χ0v) is 10.4.